The van der Waals surface area contributed by atoms with Crippen molar-refractivity contribution in [2.45, 2.75) is 38.8 Å². The maximum absolute atomic E-state index is 12.7. The molecular weight excluding hydrogens is 268 g/mol. The minimum atomic E-state index is -0.954. The first-order valence-corrected chi connectivity index (χ1v) is 7.58. The second kappa shape index (κ2) is 5.39. The average molecular weight is 288 g/mol. The SMILES string of the molecule is CCN1c2cc(C(=O)O)ccc2C(=O)N2CCCCCC21. The molecule has 2 aliphatic rings. The first-order chi connectivity index (χ1) is 10.1. The number of hydrogen-bond donors (Lipinski definition) is 1. The number of amides is 1. The van der Waals surface area contributed by atoms with Gasteiger partial charge < -0.3 is 14.9 Å². The molecule has 1 aromatic rings. The van der Waals surface area contributed by atoms with E-state index in [1.54, 1.807) is 12.1 Å². The van der Waals surface area contributed by atoms with Crippen molar-refractivity contribution in [2.75, 3.05) is 18.0 Å². The van der Waals surface area contributed by atoms with Crippen LogP contribution in [0.5, 0.6) is 0 Å². The summed E-state index contributed by atoms with van der Waals surface area (Å²) in [6.45, 7) is 3.61. The quantitative estimate of drug-likeness (QED) is 0.908. The van der Waals surface area contributed by atoms with Gasteiger partial charge in [-0.05, 0) is 44.4 Å². The highest BCUT2D eigenvalue weighted by molar-refractivity contribution is 6.03. The summed E-state index contributed by atoms with van der Waals surface area (Å²) in [6, 6.07) is 4.82. The molecule has 1 amide bonds. The van der Waals surface area contributed by atoms with Crippen LogP contribution in [0, 0.1) is 0 Å². The molecule has 0 bridgehead atoms. The maximum atomic E-state index is 12.7. The largest absolute Gasteiger partial charge is 0.478 e. The fourth-order valence-corrected chi connectivity index (χ4v) is 3.43. The predicted molar refractivity (Wildman–Crippen MR) is 79.7 cm³/mol. The summed E-state index contributed by atoms with van der Waals surface area (Å²) in [4.78, 5) is 28.0. The smallest absolute Gasteiger partial charge is 0.335 e. The zero-order valence-electron chi connectivity index (χ0n) is 12.2. The number of anilines is 1. The number of carbonyl (C=O) groups excluding carboxylic acids is 1. The Hall–Kier alpha value is -2.04. The average Bonchev–Trinajstić information content (AvgIpc) is 2.73. The fourth-order valence-electron chi connectivity index (χ4n) is 3.43. The van der Waals surface area contributed by atoms with Crippen LogP contribution in [0.2, 0.25) is 0 Å². The number of fused-ring (bicyclic) bond motifs is 2. The molecule has 0 radical (unpaired) electrons. The highest BCUT2D eigenvalue weighted by Gasteiger charge is 2.37. The lowest BCUT2D eigenvalue weighted by Gasteiger charge is -2.44. The molecule has 0 aromatic heterocycles. The van der Waals surface area contributed by atoms with Crippen molar-refractivity contribution in [2.24, 2.45) is 0 Å². The summed E-state index contributed by atoms with van der Waals surface area (Å²) in [7, 11) is 0. The normalized spacial score (nSPS) is 21.6. The van der Waals surface area contributed by atoms with Crippen molar-refractivity contribution >= 4 is 17.6 Å². The van der Waals surface area contributed by atoms with Crippen molar-refractivity contribution in [1.82, 2.24) is 4.90 Å². The van der Waals surface area contributed by atoms with Gasteiger partial charge in [0.05, 0.1) is 16.8 Å². The minimum absolute atomic E-state index is 0.0403. The van der Waals surface area contributed by atoms with Crippen LogP contribution in [0.3, 0.4) is 0 Å². The van der Waals surface area contributed by atoms with Gasteiger partial charge in [0.1, 0.15) is 6.17 Å². The Balaban J connectivity index is 2.09. The maximum Gasteiger partial charge on any atom is 0.335 e. The van der Waals surface area contributed by atoms with E-state index < -0.39 is 5.97 Å². The highest BCUT2D eigenvalue weighted by atomic mass is 16.4. The number of hydrogen-bond acceptors (Lipinski definition) is 3. The Morgan fingerprint density at radius 2 is 2.14 bits per heavy atom. The van der Waals surface area contributed by atoms with Gasteiger partial charge in [0.15, 0.2) is 0 Å². The Morgan fingerprint density at radius 3 is 2.86 bits per heavy atom. The van der Waals surface area contributed by atoms with Crippen LogP contribution >= 0.6 is 0 Å². The van der Waals surface area contributed by atoms with Crippen LogP contribution in [-0.2, 0) is 0 Å². The Bertz CT molecular complexity index is 585. The van der Waals surface area contributed by atoms with E-state index in [1.165, 1.54) is 6.07 Å². The number of benzene rings is 1. The zero-order valence-corrected chi connectivity index (χ0v) is 12.2. The number of aromatic carboxylic acids is 1. The molecule has 21 heavy (non-hydrogen) atoms. The summed E-state index contributed by atoms with van der Waals surface area (Å²) in [6.07, 6.45) is 4.33. The van der Waals surface area contributed by atoms with E-state index in [9.17, 15) is 14.7 Å². The molecule has 3 rings (SSSR count). The Morgan fingerprint density at radius 1 is 1.33 bits per heavy atom. The Labute approximate surface area is 124 Å². The molecule has 2 heterocycles. The van der Waals surface area contributed by atoms with Crippen molar-refractivity contribution in [3.63, 3.8) is 0 Å². The molecule has 0 spiro atoms. The third-order valence-corrected chi connectivity index (χ3v) is 4.47. The molecule has 1 aromatic carbocycles. The molecular formula is C16H20N2O3. The predicted octanol–water partition coefficient (Wildman–Crippen LogP) is 2.57. The molecule has 1 saturated heterocycles. The standard InChI is InChI=1S/C16H20N2O3/c1-2-17-13-10-11(16(20)21)7-8-12(13)15(19)18-9-5-3-4-6-14(17)18/h7-8,10,14H,2-6,9H2,1H3,(H,20,21). The van der Waals surface area contributed by atoms with Gasteiger partial charge >= 0.3 is 5.97 Å². The van der Waals surface area contributed by atoms with Crippen molar-refractivity contribution in [3.05, 3.63) is 29.3 Å². The lowest BCUT2D eigenvalue weighted by molar-refractivity contribution is 0.0651. The first kappa shape index (κ1) is 13.9. The number of carbonyl (C=O) groups is 2. The number of carboxylic acids is 1. The van der Waals surface area contributed by atoms with Gasteiger partial charge in [-0.1, -0.05) is 6.42 Å². The van der Waals surface area contributed by atoms with Crippen molar-refractivity contribution in [3.8, 4) is 0 Å². The van der Waals surface area contributed by atoms with Gasteiger partial charge in [-0.15, -0.1) is 0 Å². The van der Waals surface area contributed by atoms with Crippen LogP contribution in [0.1, 0.15) is 53.3 Å². The van der Waals surface area contributed by atoms with Gasteiger partial charge in [0, 0.05) is 13.1 Å². The number of rotatable bonds is 2. The summed E-state index contributed by atoms with van der Waals surface area (Å²) in [5, 5.41) is 9.17. The van der Waals surface area contributed by atoms with Crippen LogP contribution in [-0.4, -0.2) is 41.1 Å². The van der Waals surface area contributed by atoms with Crippen molar-refractivity contribution in [1.29, 1.82) is 0 Å². The third-order valence-electron chi connectivity index (χ3n) is 4.47. The van der Waals surface area contributed by atoms with Gasteiger partial charge in [0.2, 0.25) is 0 Å². The minimum Gasteiger partial charge on any atom is -0.478 e. The number of carboxylic acid groups (broad SMARTS) is 1. The van der Waals surface area contributed by atoms with Gasteiger partial charge in [0.25, 0.3) is 5.91 Å². The zero-order chi connectivity index (χ0) is 15.0. The van der Waals surface area contributed by atoms with E-state index in [4.69, 9.17) is 0 Å². The molecule has 112 valence electrons. The van der Waals surface area contributed by atoms with Gasteiger partial charge in [-0.3, -0.25) is 4.79 Å². The van der Waals surface area contributed by atoms with E-state index in [0.717, 1.165) is 44.5 Å². The second-order valence-electron chi connectivity index (χ2n) is 5.65. The highest BCUT2D eigenvalue weighted by Crippen LogP contribution is 2.35. The number of nitrogens with zero attached hydrogens (tertiary/aromatic N) is 2. The molecule has 1 atom stereocenters. The first-order valence-electron chi connectivity index (χ1n) is 7.58. The summed E-state index contributed by atoms with van der Waals surface area (Å²) in [5.41, 5.74) is 1.63. The molecule has 5 nitrogen and oxygen atoms in total. The van der Waals surface area contributed by atoms with E-state index in [-0.39, 0.29) is 17.6 Å². The summed E-state index contributed by atoms with van der Waals surface area (Å²) < 4.78 is 0. The Kier molecular flexibility index (Phi) is 3.57. The second-order valence-corrected chi connectivity index (χ2v) is 5.65. The summed E-state index contributed by atoms with van der Waals surface area (Å²) >= 11 is 0. The van der Waals surface area contributed by atoms with Crippen molar-refractivity contribution < 1.29 is 14.7 Å². The molecule has 5 heteroatoms. The molecule has 0 aliphatic carbocycles. The molecule has 1 N–H and O–H groups in total. The van der Waals surface area contributed by atoms with E-state index >= 15 is 0 Å². The topological polar surface area (TPSA) is 60.9 Å². The fraction of sp³-hybridized carbons (Fsp3) is 0.500. The molecule has 1 unspecified atom stereocenters. The van der Waals surface area contributed by atoms with Gasteiger partial charge in [-0.25, -0.2) is 4.79 Å². The monoisotopic (exact) mass is 288 g/mol. The van der Waals surface area contributed by atoms with E-state index in [2.05, 4.69) is 11.8 Å². The van der Waals surface area contributed by atoms with E-state index in [0.29, 0.717) is 5.56 Å². The van der Waals surface area contributed by atoms with Gasteiger partial charge in [-0.2, -0.15) is 0 Å². The van der Waals surface area contributed by atoms with Crippen LogP contribution in [0.15, 0.2) is 18.2 Å². The lowest BCUT2D eigenvalue weighted by atomic mass is 10.0. The summed E-state index contributed by atoms with van der Waals surface area (Å²) in [5.74, 6) is -0.914. The molecule has 0 saturated carbocycles. The van der Waals surface area contributed by atoms with Crippen LogP contribution < -0.4 is 4.90 Å². The van der Waals surface area contributed by atoms with Crippen LogP contribution in [0.4, 0.5) is 5.69 Å². The molecule has 1 fully saturated rings. The third kappa shape index (κ3) is 2.26. The van der Waals surface area contributed by atoms with E-state index in [1.807, 2.05) is 4.90 Å². The lowest BCUT2D eigenvalue weighted by Crippen LogP contribution is -2.54. The molecule has 2 aliphatic heterocycles. The van der Waals surface area contributed by atoms with Crippen LogP contribution in [0.25, 0.3) is 0 Å².